The number of hydrogen-bond acceptors (Lipinski definition) is 2. The summed E-state index contributed by atoms with van der Waals surface area (Å²) < 4.78 is 5.46. The van der Waals surface area contributed by atoms with Crippen LogP contribution in [0.25, 0.3) is 0 Å². The first kappa shape index (κ1) is 17.3. The van der Waals surface area contributed by atoms with Crippen LogP contribution in [0.5, 0.6) is 0 Å². The minimum Gasteiger partial charge on any atom is -0.444 e. The van der Waals surface area contributed by atoms with Gasteiger partial charge in [0.2, 0.25) is 0 Å². The van der Waals surface area contributed by atoms with E-state index >= 15 is 0 Å². The molecule has 18 heavy (non-hydrogen) atoms. The Bertz CT molecular complexity index is 248. The Morgan fingerprint density at radius 2 is 1.61 bits per heavy atom. The van der Waals surface area contributed by atoms with Gasteiger partial charge in [0, 0.05) is 13.1 Å². The monoisotopic (exact) mass is 257 g/mol. The van der Waals surface area contributed by atoms with Crippen LogP contribution in [0.3, 0.4) is 0 Å². The van der Waals surface area contributed by atoms with Crippen molar-refractivity contribution in [2.75, 3.05) is 13.1 Å². The molecule has 0 atom stereocenters. The van der Waals surface area contributed by atoms with Crippen molar-refractivity contribution in [3.8, 4) is 0 Å². The number of carbonyl (C=O) groups excluding carboxylic acids is 1. The van der Waals surface area contributed by atoms with Gasteiger partial charge in [-0.2, -0.15) is 0 Å². The Morgan fingerprint density at radius 1 is 1.06 bits per heavy atom. The minimum atomic E-state index is -0.419. The molecule has 0 rings (SSSR count). The van der Waals surface area contributed by atoms with E-state index in [1.165, 1.54) is 0 Å². The van der Waals surface area contributed by atoms with Crippen molar-refractivity contribution in [3.05, 3.63) is 0 Å². The summed E-state index contributed by atoms with van der Waals surface area (Å²) in [5, 5.41) is 0. The van der Waals surface area contributed by atoms with Crippen molar-refractivity contribution in [3.63, 3.8) is 0 Å². The summed E-state index contributed by atoms with van der Waals surface area (Å²) >= 11 is 0. The molecule has 0 aliphatic heterocycles. The van der Waals surface area contributed by atoms with Crippen LogP contribution in [0.4, 0.5) is 4.79 Å². The van der Waals surface area contributed by atoms with Crippen LogP contribution < -0.4 is 0 Å². The quantitative estimate of drug-likeness (QED) is 0.680. The largest absolute Gasteiger partial charge is 0.444 e. The van der Waals surface area contributed by atoms with Gasteiger partial charge in [0.15, 0.2) is 0 Å². The lowest BCUT2D eigenvalue weighted by Crippen LogP contribution is -2.41. The summed E-state index contributed by atoms with van der Waals surface area (Å²) in [5.41, 5.74) is -0.318. The number of rotatable bonds is 5. The predicted molar refractivity (Wildman–Crippen MR) is 76.8 cm³/mol. The van der Waals surface area contributed by atoms with Crippen LogP contribution >= 0.6 is 0 Å². The molecule has 1 amide bonds. The number of amides is 1. The van der Waals surface area contributed by atoms with Crippen molar-refractivity contribution in [1.29, 1.82) is 0 Å². The molecule has 0 saturated heterocycles. The van der Waals surface area contributed by atoms with Crippen LogP contribution in [0, 0.1) is 5.41 Å². The van der Waals surface area contributed by atoms with Crippen molar-refractivity contribution < 1.29 is 9.53 Å². The molecule has 0 aromatic rings. The molecule has 0 aliphatic rings. The average Bonchev–Trinajstić information content (AvgIpc) is 2.11. The first-order chi connectivity index (χ1) is 8.05. The molecule has 108 valence electrons. The Balaban J connectivity index is 4.49. The number of carbonyl (C=O) groups is 1. The zero-order valence-electron chi connectivity index (χ0n) is 13.3. The van der Waals surface area contributed by atoms with Crippen LogP contribution in [0.2, 0.25) is 0 Å². The summed E-state index contributed by atoms with van der Waals surface area (Å²) in [7, 11) is 0. The topological polar surface area (TPSA) is 29.5 Å². The standard InChI is InChI=1S/C15H31NO2/c1-8-9-10-11-16(12-14(2,3)4)13(17)18-15(5,6)7/h8-12H2,1-7H3. The van der Waals surface area contributed by atoms with Gasteiger partial charge in [-0.15, -0.1) is 0 Å². The van der Waals surface area contributed by atoms with Gasteiger partial charge in [-0.25, -0.2) is 4.79 Å². The van der Waals surface area contributed by atoms with E-state index in [1.807, 2.05) is 25.7 Å². The average molecular weight is 257 g/mol. The SMILES string of the molecule is CCCCCN(CC(C)(C)C)C(=O)OC(C)(C)C. The fourth-order valence-corrected chi connectivity index (χ4v) is 1.69. The zero-order valence-corrected chi connectivity index (χ0v) is 13.3. The number of ether oxygens (including phenoxy) is 1. The van der Waals surface area contributed by atoms with Gasteiger partial charge in [-0.05, 0) is 32.6 Å². The molecule has 3 nitrogen and oxygen atoms in total. The van der Waals surface area contributed by atoms with E-state index in [0.717, 1.165) is 32.4 Å². The Hall–Kier alpha value is -0.730. The smallest absolute Gasteiger partial charge is 0.410 e. The second kappa shape index (κ2) is 7.01. The summed E-state index contributed by atoms with van der Waals surface area (Å²) in [6.45, 7) is 15.9. The first-order valence-corrected chi connectivity index (χ1v) is 7.03. The Labute approximate surface area is 113 Å². The lowest BCUT2D eigenvalue weighted by atomic mass is 9.96. The molecule has 0 fully saturated rings. The number of unbranched alkanes of at least 4 members (excludes halogenated alkanes) is 2. The molecule has 0 radical (unpaired) electrons. The summed E-state index contributed by atoms with van der Waals surface area (Å²) in [5.74, 6) is 0. The molecule has 0 unspecified atom stereocenters. The van der Waals surface area contributed by atoms with Gasteiger partial charge in [0.25, 0.3) is 0 Å². The molecule has 0 aromatic heterocycles. The van der Waals surface area contributed by atoms with Gasteiger partial charge in [0.1, 0.15) is 5.60 Å². The molecule has 0 heterocycles. The summed E-state index contributed by atoms with van der Waals surface area (Å²) in [6.07, 6.45) is 3.18. The normalized spacial score (nSPS) is 12.4. The third kappa shape index (κ3) is 9.32. The fourth-order valence-electron chi connectivity index (χ4n) is 1.69. The summed E-state index contributed by atoms with van der Waals surface area (Å²) in [4.78, 5) is 14.0. The molecule has 0 bridgehead atoms. The molecular formula is C15H31NO2. The minimum absolute atomic E-state index is 0.100. The zero-order chi connectivity index (χ0) is 14.4. The highest BCUT2D eigenvalue weighted by Gasteiger charge is 2.25. The Morgan fingerprint density at radius 3 is 2.00 bits per heavy atom. The lowest BCUT2D eigenvalue weighted by Gasteiger charge is -2.32. The van der Waals surface area contributed by atoms with Crippen molar-refractivity contribution in [2.45, 2.75) is 73.3 Å². The van der Waals surface area contributed by atoms with E-state index in [9.17, 15) is 4.79 Å². The Kier molecular flexibility index (Phi) is 6.72. The fraction of sp³-hybridized carbons (Fsp3) is 0.933. The third-order valence-electron chi connectivity index (χ3n) is 2.35. The second-order valence-corrected chi connectivity index (χ2v) is 7.17. The number of nitrogens with zero attached hydrogens (tertiary/aromatic N) is 1. The molecule has 0 saturated carbocycles. The lowest BCUT2D eigenvalue weighted by molar-refractivity contribution is 0.0185. The molecular weight excluding hydrogens is 226 g/mol. The molecule has 3 heteroatoms. The van der Waals surface area contributed by atoms with E-state index in [2.05, 4.69) is 27.7 Å². The highest BCUT2D eigenvalue weighted by atomic mass is 16.6. The van der Waals surface area contributed by atoms with Crippen LogP contribution in [0.1, 0.15) is 67.7 Å². The number of hydrogen-bond donors (Lipinski definition) is 0. The van der Waals surface area contributed by atoms with Crippen molar-refractivity contribution in [1.82, 2.24) is 4.90 Å². The van der Waals surface area contributed by atoms with Crippen LogP contribution in [-0.2, 0) is 4.74 Å². The van der Waals surface area contributed by atoms with E-state index in [-0.39, 0.29) is 11.5 Å². The van der Waals surface area contributed by atoms with Crippen LogP contribution in [-0.4, -0.2) is 29.7 Å². The van der Waals surface area contributed by atoms with Crippen molar-refractivity contribution >= 4 is 6.09 Å². The van der Waals surface area contributed by atoms with Crippen LogP contribution in [0.15, 0.2) is 0 Å². The van der Waals surface area contributed by atoms with E-state index in [0.29, 0.717) is 0 Å². The van der Waals surface area contributed by atoms with Gasteiger partial charge in [-0.1, -0.05) is 40.5 Å². The molecule has 0 N–H and O–H groups in total. The highest BCUT2D eigenvalue weighted by Crippen LogP contribution is 2.18. The van der Waals surface area contributed by atoms with Gasteiger partial charge in [0.05, 0.1) is 0 Å². The second-order valence-electron chi connectivity index (χ2n) is 7.17. The molecule has 0 aromatic carbocycles. The van der Waals surface area contributed by atoms with Crippen molar-refractivity contribution in [2.24, 2.45) is 5.41 Å². The van der Waals surface area contributed by atoms with E-state index < -0.39 is 5.60 Å². The van der Waals surface area contributed by atoms with E-state index in [4.69, 9.17) is 4.74 Å². The highest BCUT2D eigenvalue weighted by molar-refractivity contribution is 5.68. The summed E-state index contributed by atoms with van der Waals surface area (Å²) in [6, 6.07) is 0. The van der Waals surface area contributed by atoms with Gasteiger partial charge < -0.3 is 9.64 Å². The maximum atomic E-state index is 12.1. The maximum Gasteiger partial charge on any atom is 0.410 e. The third-order valence-corrected chi connectivity index (χ3v) is 2.35. The van der Waals surface area contributed by atoms with Gasteiger partial charge >= 0.3 is 6.09 Å². The van der Waals surface area contributed by atoms with E-state index in [1.54, 1.807) is 0 Å². The predicted octanol–water partition coefficient (Wildman–Crippen LogP) is 4.46. The molecule has 0 spiro atoms. The maximum absolute atomic E-state index is 12.1. The molecule has 0 aliphatic carbocycles. The van der Waals surface area contributed by atoms with Gasteiger partial charge in [-0.3, -0.25) is 0 Å². The first-order valence-electron chi connectivity index (χ1n) is 7.03.